The molecule has 3 nitrogen and oxygen atoms in total. The number of rotatable bonds is 5. The molecule has 0 spiro atoms. The molecule has 0 aromatic heterocycles. The topological polar surface area (TPSA) is 40.5 Å². The second-order valence-corrected chi connectivity index (χ2v) is 6.03. The lowest BCUT2D eigenvalue weighted by atomic mass is 9.87. The molecule has 2 aliphatic heterocycles. The van der Waals surface area contributed by atoms with Crippen LogP contribution < -0.4 is 0 Å². The Morgan fingerprint density at radius 2 is 1.94 bits per heavy atom. The van der Waals surface area contributed by atoms with Gasteiger partial charge < -0.3 is 5.11 Å². The molecule has 0 aromatic carbocycles. The molecule has 2 rings (SSSR count). The molecule has 0 aliphatic carbocycles. The van der Waals surface area contributed by atoms with Crippen LogP contribution >= 0.6 is 0 Å². The quantitative estimate of drug-likeness (QED) is 0.802. The molecule has 0 radical (unpaired) electrons. The molecule has 0 saturated carbocycles. The highest BCUT2D eigenvalue weighted by atomic mass is 16.4. The average Bonchev–Trinajstić information content (AvgIpc) is 2.50. The highest BCUT2D eigenvalue weighted by Gasteiger charge is 2.41. The Hall–Kier alpha value is -0.570. The van der Waals surface area contributed by atoms with Crippen LogP contribution in [0.5, 0.6) is 0 Å². The van der Waals surface area contributed by atoms with Crippen molar-refractivity contribution in [3.05, 3.63) is 0 Å². The summed E-state index contributed by atoms with van der Waals surface area (Å²) in [6.45, 7) is 5.79. The minimum Gasteiger partial charge on any atom is -0.481 e. The molecule has 0 amide bonds. The summed E-state index contributed by atoms with van der Waals surface area (Å²) in [6, 6.07) is 1.35. The van der Waals surface area contributed by atoms with Crippen molar-refractivity contribution < 1.29 is 9.90 Å². The summed E-state index contributed by atoms with van der Waals surface area (Å²) < 4.78 is 0. The first-order valence-corrected chi connectivity index (χ1v) is 7.07. The van der Waals surface area contributed by atoms with E-state index in [9.17, 15) is 4.79 Å². The first-order chi connectivity index (χ1) is 8.10. The summed E-state index contributed by atoms with van der Waals surface area (Å²) in [4.78, 5) is 13.5. The highest BCUT2D eigenvalue weighted by molar-refractivity contribution is 5.67. The molecule has 2 bridgehead atoms. The van der Waals surface area contributed by atoms with Crippen molar-refractivity contribution in [1.82, 2.24) is 4.90 Å². The Balaban J connectivity index is 1.91. The maximum atomic E-state index is 10.8. The van der Waals surface area contributed by atoms with Gasteiger partial charge in [0.15, 0.2) is 0 Å². The van der Waals surface area contributed by atoms with Crippen LogP contribution in [-0.2, 0) is 4.79 Å². The molecule has 3 atom stereocenters. The number of fused-ring (bicyclic) bond motifs is 2. The van der Waals surface area contributed by atoms with Crippen LogP contribution in [0.15, 0.2) is 0 Å². The summed E-state index contributed by atoms with van der Waals surface area (Å²) in [5.74, 6) is 0.581. The monoisotopic (exact) mass is 239 g/mol. The van der Waals surface area contributed by atoms with Gasteiger partial charge in [-0.2, -0.15) is 0 Å². The van der Waals surface area contributed by atoms with E-state index in [0.717, 1.165) is 18.8 Å². The standard InChI is InChI=1S/C14H25NO2/c1-3-10(2)9-15-12-4-5-13(15)7-11(6-12)8-14(16)17/h10-13H,3-9H2,1-2H3,(H,16,17). The lowest BCUT2D eigenvalue weighted by molar-refractivity contribution is -0.138. The highest BCUT2D eigenvalue weighted by Crippen LogP contribution is 2.40. The molecule has 2 heterocycles. The van der Waals surface area contributed by atoms with Crippen molar-refractivity contribution in [2.24, 2.45) is 11.8 Å². The van der Waals surface area contributed by atoms with Crippen molar-refractivity contribution >= 4 is 5.97 Å². The smallest absolute Gasteiger partial charge is 0.303 e. The number of carboxylic acids is 1. The number of aliphatic carboxylic acids is 1. The fourth-order valence-corrected chi connectivity index (χ4v) is 3.59. The van der Waals surface area contributed by atoms with Gasteiger partial charge in [-0.1, -0.05) is 20.3 Å². The maximum absolute atomic E-state index is 10.8. The summed E-state index contributed by atoms with van der Waals surface area (Å²) >= 11 is 0. The number of carbonyl (C=O) groups is 1. The number of carboxylic acid groups (broad SMARTS) is 1. The molecule has 3 heteroatoms. The summed E-state index contributed by atoms with van der Waals surface area (Å²) in [5, 5.41) is 8.89. The van der Waals surface area contributed by atoms with Gasteiger partial charge >= 0.3 is 5.97 Å². The Bertz CT molecular complexity index is 265. The minimum atomic E-state index is -0.621. The molecule has 1 N–H and O–H groups in total. The second kappa shape index (κ2) is 5.38. The zero-order valence-electron chi connectivity index (χ0n) is 11.1. The van der Waals surface area contributed by atoms with E-state index in [1.807, 2.05) is 0 Å². The molecule has 0 aromatic rings. The number of nitrogens with zero attached hydrogens (tertiary/aromatic N) is 1. The number of piperidine rings is 1. The van der Waals surface area contributed by atoms with Gasteiger partial charge in [0.1, 0.15) is 0 Å². The van der Waals surface area contributed by atoms with Gasteiger partial charge in [-0.05, 0) is 37.5 Å². The lowest BCUT2D eigenvalue weighted by Crippen LogP contribution is -2.45. The Labute approximate surface area is 104 Å². The van der Waals surface area contributed by atoms with Crippen LogP contribution in [0.25, 0.3) is 0 Å². The third-order valence-electron chi connectivity index (χ3n) is 4.66. The van der Waals surface area contributed by atoms with E-state index >= 15 is 0 Å². The second-order valence-electron chi connectivity index (χ2n) is 6.03. The third kappa shape index (κ3) is 3.01. The van der Waals surface area contributed by atoms with E-state index in [-0.39, 0.29) is 0 Å². The number of hydrogen-bond donors (Lipinski definition) is 1. The zero-order valence-corrected chi connectivity index (χ0v) is 11.1. The fourth-order valence-electron chi connectivity index (χ4n) is 3.59. The van der Waals surface area contributed by atoms with Crippen LogP contribution in [0.3, 0.4) is 0 Å². The summed E-state index contributed by atoms with van der Waals surface area (Å²) in [7, 11) is 0. The van der Waals surface area contributed by atoms with Gasteiger partial charge in [0.25, 0.3) is 0 Å². The van der Waals surface area contributed by atoms with Crippen molar-refractivity contribution in [2.45, 2.75) is 64.5 Å². The predicted octanol–water partition coefficient (Wildman–Crippen LogP) is 2.75. The Kier molecular flexibility index (Phi) is 4.08. The van der Waals surface area contributed by atoms with Crippen molar-refractivity contribution in [3.63, 3.8) is 0 Å². The fraction of sp³-hybridized carbons (Fsp3) is 0.929. The largest absolute Gasteiger partial charge is 0.481 e. The van der Waals surface area contributed by atoms with Crippen LogP contribution in [0.4, 0.5) is 0 Å². The zero-order chi connectivity index (χ0) is 12.4. The lowest BCUT2D eigenvalue weighted by Gasteiger charge is -2.39. The minimum absolute atomic E-state index is 0.379. The van der Waals surface area contributed by atoms with Crippen molar-refractivity contribution in [2.75, 3.05) is 6.54 Å². The van der Waals surface area contributed by atoms with E-state index < -0.39 is 5.97 Å². The molecule has 17 heavy (non-hydrogen) atoms. The van der Waals surface area contributed by atoms with Gasteiger partial charge in [0.2, 0.25) is 0 Å². The first-order valence-electron chi connectivity index (χ1n) is 7.07. The summed E-state index contributed by atoms with van der Waals surface area (Å²) in [5.41, 5.74) is 0. The van der Waals surface area contributed by atoms with Gasteiger partial charge in [-0.15, -0.1) is 0 Å². The Morgan fingerprint density at radius 1 is 1.35 bits per heavy atom. The van der Waals surface area contributed by atoms with E-state index in [0.29, 0.717) is 24.4 Å². The molecule has 2 fully saturated rings. The SMILES string of the molecule is CCC(C)CN1C2CCC1CC(CC(=O)O)C2. The van der Waals surface area contributed by atoms with E-state index in [2.05, 4.69) is 18.7 Å². The van der Waals surface area contributed by atoms with Crippen molar-refractivity contribution in [3.8, 4) is 0 Å². The van der Waals surface area contributed by atoms with E-state index in [4.69, 9.17) is 5.11 Å². The van der Waals surface area contributed by atoms with Gasteiger partial charge in [-0.3, -0.25) is 9.69 Å². The molecular weight excluding hydrogens is 214 g/mol. The Morgan fingerprint density at radius 3 is 2.41 bits per heavy atom. The summed E-state index contributed by atoms with van der Waals surface area (Å²) in [6.07, 6.45) is 6.42. The van der Waals surface area contributed by atoms with Gasteiger partial charge in [0.05, 0.1) is 0 Å². The molecule has 2 saturated heterocycles. The average molecular weight is 239 g/mol. The maximum Gasteiger partial charge on any atom is 0.303 e. The van der Waals surface area contributed by atoms with Crippen LogP contribution in [-0.4, -0.2) is 34.6 Å². The van der Waals surface area contributed by atoms with Crippen LogP contribution in [0.2, 0.25) is 0 Å². The normalized spacial score (nSPS) is 34.8. The van der Waals surface area contributed by atoms with Gasteiger partial charge in [-0.25, -0.2) is 0 Å². The van der Waals surface area contributed by atoms with E-state index in [1.54, 1.807) is 0 Å². The van der Waals surface area contributed by atoms with Crippen LogP contribution in [0, 0.1) is 11.8 Å². The number of hydrogen-bond acceptors (Lipinski definition) is 2. The molecular formula is C14H25NO2. The predicted molar refractivity (Wildman–Crippen MR) is 67.9 cm³/mol. The van der Waals surface area contributed by atoms with Gasteiger partial charge in [0, 0.05) is 25.0 Å². The van der Waals surface area contributed by atoms with E-state index in [1.165, 1.54) is 25.8 Å². The molecule has 2 aliphatic rings. The van der Waals surface area contributed by atoms with Crippen LogP contribution in [0.1, 0.15) is 52.4 Å². The third-order valence-corrected chi connectivity index (χ3v) is 4.66. The van der Waals surface area contributed by atoms with Crippen molar-refractivity contribution in [1.29, 1.82) is 0 Å². The first kappa shape index (κ1) is 12.9. The molecule has 98 valence electrons. The molecule has 3 unspecified atom stereocenters.